The van der Waals surface area contributed by atoms with Gasteiger partial charge < -0.3 is 9.47 Å². The molecule has 0 bridgehead atoms. The van der Waals surface area contributed by atoms with Gasteiger partial charge in [-0.15, -0.1) is 0 Å². The van der Waals surface area contributed by atoms with Crippen molar-refractivity contribution in [2.75, 3.05) is 13.2 Å². The van der Waals surface area contributed by atoms with Crippen molar-refractivity contribution in [1.29, 1.82) is 0 Å². The minimum atomic E-state index is -0.421. The Balaban J connectivity index is 1.86. The van der Waals surface area contributed by atoms with Gasteiger partial charge in [0.1, 0.15) is 24.8 Å². The lowest BCUT2D eigenvalue weighted by molar-refractivity contribution is -0.139. The monoisotopic (exact) mass is 300 g/mol. The van der Waals surface area contributed by atoms with Crippen LogP contribution in [0.2, 0.25) is 0 Å². The molecule has 0 N–H and O–H groups in total. The number of halogens is 1. The maximum atomic E-state index is 12.9. The SMILES string of the molecule is C=C(C)C(=O)OCCOc1ccc(-c2ccc(F)cc2)cc1. The lowest BCUT2D eigenvalue weighted by atomic mass is 10.1. The molecule has 2 rings (SSSR count). The second-order valence-corrected chi connectivity index (χ2v) is 4.80. The summed E-state index contributed by atoms with van der Waals surface area (Å²) in [6, 6.07) is 13.7. The third kappa shape index (κ3) is 4.45. The van der Waals surface area contributed by atoms with Crippen LogP contribution >= 0.6 is 0 Å². The Bertz CT molecular complexity index is 645. The second kappa shape index (κ2) is 7.41. The van der Waals surface area contributed by atoms with Gasteiger partial charge in [-0.2, -0.15) is 0 Å². The molecule has 0 atom stereocenters. The third-order valence-corrected chi connectivity index (χ3v) is 2.97. The highest BCUT2D eigenvalue weighted by atomic mass is 19.1. The van der Waals surface area contributed by atoms with E-state index in [1.165, 1.54) is 12.1 Å². The Labute approximate surface area is 129 Å². The molecule has 0 heterocycles. The first-order valence-electron chi connectivity index (χ1n) is 6.87. The highest BCUT2D eigenvalue weighted by molar-refractivity contribution is 5.86. The molecule has 0 aliphatic carbocycles. The summed E-state index contributed by atoms with van der Waals surface area (Å²) >= 11 is 0. The zero-order valence-corrected chi connectivity index (χ0v) is 12.3. The quantitative estimate of drug-likeness (QED) is 0.460. The zero-order chi connectivity index (χ0) is 15.9. The molecule has 0 fully saturated rings. The van der Waals surface area contributed by atoms with Crippen LogP contribution in [0, 0.1) is 5.82 Å². The van der Waals surface area contributed by atoms with E-state index in [0.717, 1.165) is 11.1 Å². The first-order valence-corrected chi connectivity index (χ1v) is 6.87. The summed E-state index contributed by atoms with van der Waals surface area (Å²) in [5.74, 6) is 0.000468. The van der Waals surface area contributed by atoms with E-state index in [-0.39, 0.29) is 19.0 Å². The highest BCUT2D eigenvalue weighted by Crippen LogP contribution is 2.22. The summed E-state index contributed by atoms with van der Waals surface area (Å²) < 4.78 is 23.3. The minimum absolute atomic E-state index is 0.172. The fourth-order valence-electron chi connectivity index (χ4n) is 1.80. The van der Waals surface area contributed by atoms with Crippen molar-refractivity contribution in [2.24, 2.45) is 0 Å². The molecule has 114 valence electrons. The predicted molar refractivity (Wildman–Crippen MR) is 83.1 cm³/mol. The molecule has 0 saturated heterocycles. The second-order valence-electron chi connectivity index (χ2n) is 4.80. The molecular weight excluding hydrogens is 283 g/mol. The topological polar surface area (TPSA) is 35.5 Å². The Morgan fingerprint density at radius 3 is 2.09 bits per heavy atom. The number of hydrogen-bond donors (Lipinski definition) is 0. The highest BCUT2D eigenvalue weighted by Gasteiger charge is 2.03. The molecule has 2 aromatic carbocycles. The average molecular weight is 300 g/mol. The maximum absolute atomic E-state index is 12.9. The Morgan fingerprint density at radius 2 is 1.55 bits per heavy atom. The first kappa shape index (κ1) is 15.8. The number of ether oxygens (including phenoxy) is 2. The van der Waals surface area contributed by atoms with Crippen LogP contribution in [-0.4, -0.2) is 19.2 Å². The minimum Gasteiger partial charge on any atom is -0.490 e. The van der Waals surface area contributed by atoms with E-state index in [9.17, 15) is 9.18 Å². The first-order chi connectivity index (χ1) is 10.6. The molecule has 0 amide bonds. The summed E-state index contributed by atoms with van der Waals surface area (Å²) in [4.78, 5) is 11.2. The molecule has 0 aliphatic heterocycles. The fraction of sp³-hybridized carbons (Fsp3) is 0.167. The number of hydrogen-bond acceptors (Lipinski definition) is 3. The summed E-state index contributed by atoms with van der Waals surface area (Å²) in [6.45, 7) is 5.54. The molecule has 0 unspecified atom stereocenters. The molecule has 22 heavy (non-hydrogen) atoms. The van der Waals surface area contributed by atoms with Crippen LogP contribution in [-0.2, 0) is 9.53 Å². The molecule has 2 aromatic rings. The molecule has 4 heteroatoms. The van der Waals surface area contributed by atoms with E-state index in [1.54, 1.807) is 19.1 Å². The maximum Gasteiger partial charge on any atom is 0.333 e. The number of carbonyl (C=O) groups is 1. The van der Waals surface area contributed by atoms with E-state index in [0.29, 0.717) is 11.3 Å². The summed E-state index contributed by atoms with van der Waals surface area (Å²) in [7, 11) is 0. The van der Waals surface area contributed by atoms with Crippen LogP contribution in [0.3, 0.4) is 0 Å². The van der Waals surface area contributed by atoms with E-state index in [1.807, 2.05) is 24.3 Å². The van der Waals surface area contributed by atoms with Crippen LogP contribution < -0.4 is 4.74 Å². The van der Waals surface area contributed by atoms with Gasteiger partial charge in [-0.1, -0.05) is 30.8 Å². The van der Waals surface area contributed by atoms with E-state index < -0.39 is 5.97 Å². The Hall–Kier alpha value is -2.62. The van der Waals surface area contributed by atoms with Crippen molar-refractivity contribution in [3.63, 3.8) is 0 Å². The molecule has 0 radical (unpaired) electrons. The summed E-state index contributed by atoms with van der Waals surface area (Å²) in [6.07, 6.45) is 0. The normalized spacial score (nSPS) is 10.1. The lowest BCUT2D eigenvalue weighted by Gasteiger charge is -2.08. The van der Waals surface area contributed by atoms with Crippen LogP contribution in [0.4, 0.5) is 4.39 Å². The Morgan fingerprint density at radius 1 is 1.00 bits per heavy atom. The number of benzene rings is 2. The Kier molecular flexibility index (Phi) is 5.31. The van der Waals surface area contributed by atoms with Gasteiger partial charge in [0, 0.05) is 5.57 Å². The fourth-order valence-corrected chi connectivity index (χ4v) is 1.80. The van der Waals surface area contributed by atoms with E-state index >= 15 is 0 Å². The predicted octanol–water partition coefficient (Wildman–Crippen LogP) is 3.99. The van der Waals surface area contributed by atoms with Gasteiger partial charge in [0.25, 0.3) is 0 Å². The van der Waals surface area contributed by atoms with Gasteiger partial charge in [0.05, 0.1) is 0 Å². The van der Waals surface area contributed by atoms with Gasteiger partial charge in [-0.05, 0) is 42.3 Å². The van der Waals surface area contributed by atoms with E-state index in [2.05, 4.69) is 6.58 Å². The van der Waals surface area contributed by atoms with Gasteiger partial charge in [0.15, 0.2) is 0 Å². The van der Waals surface area contributed by atoms with Crippen molar-refractivity contribution < 1.29 is 18.7 Å². The molecule has 0 saturated carbocycles. The molecule has 0 spiro atoms. The van der Waals surface area contributed by atoms with Crippen molar-refractivity contribution in [2.45, 2.75) is 6.92 Å². The van der Waals surface area contributed by atoms with Gasteiger partial charge in [0.2, 0.25) is 0 Å². The summed E-state index contributed by atoms with van der Waals surface area (Å²) in [5.41, 5.74) is 2.27. The zero-order valence-electron chi connectivity index (χ0n) is 12.3. The van der Waals surface area contributed by atoms with Crippen molar-refractivity contribution >= 4 is 5.97 Å². The van der Waals surface area contributed by atoms with Crippen LogP contribution in [0.1, 0.15) is 6.92 Å². The van der Waals surface area contributed by atoms with Gasteiger partial charge in [-0.3, -0.25) is 0 Å². The lowest BCUT2D eigenvalue weighted by Crippen LogP contribution is -2.12. The largest absolute Gasteiger partial charge is 0.490 e. The average Bonchev–Trinajstić information content (AvgIpc) is 2.52. The molecular formula is C18H17FO3. The molecule has 3 nitrogen and oxygen atoms in total. The third-order valence-electron chi connectivity index (χ3n) is 2.97. The van der Waals surface area contributed by atoms with E-state index in [4.69, 9.17) is 9.47 Å². The molecule has 0 aromatic heterocycles. The van der Waals surface area contributed by atoms with Crippen molar-refractivity contribution in [3.8, 4) is 16.9 Å². The number of esters is 1. The molecule has 0 aliphatic rings. The van der Waals surface area contributed by atoms with Crippen molar-refractivity contribution in [1.82, 2.24) is 0 Å². The van der Waals surface area contributed by atoms with Gasteiger partial charge in [-0.25, -0.2) is 9.18 Å². The van der Waals surface area contributed by atoms with Crippen molar-refractivity contribution in [3.05, 3.63) is 66.5 Å². The van der Waals surface area contributed by atoms with Crippen LogP contribution in [0.25, 0.3) is 11.1 Å². The number of rotatable bonds is 6. The number of carbonyl (C=O) groups excluding carboxylic acids is 1. The van der Waals surface area contributed by atoms with Crippen LogP contribution in [0.15, 0.2) is 60.7 Å². The van der Waals surface area contributed by atoms with Gasteiger partial charge >= 0.3 is 5.97 Å². The summed E-state index contributed by atoms with van der Waals surface area (Å²) in [5, 5.41) is 0. The van der Waals surface area contributed by atoms with Crippen LogP contribution in [0.5, 0.6) is 5.75 Å². The smallest absolute Gasteiger partial charge is 0.333 e. The standard InChI is InChI=1S/C18H17FO3/c1-13(2)18(20)22-12-11-21-17-9-5-15(6-10-17)14-3-7-16(19)8-4-14/h3-10H,1,11-12H2,2H3.